The van der Waals surface area contributed by atoms with Gasteiger partial charge in [-0.05, 0) is 61.5 Å². The minimum atomic E-state index is -0.561. The normalized spacial score (nSPS) is 14.5. The van der Waals surface area contributed by atoms with Gasteiger partial charge in [-0.3, -0.25) is 19.3 Å². The Morgan fingerprint density at radius 3 is 2.50 bits per heavy atom. The molecular formula is C24H24N2O7S. The molecule has 0 atom stereocenters. The smallest absolute Gasteiger partial charge is 0.344 e. The van der Waals surface area contributed by atoms with Crippen LogP contribution >= 0.6 is 11.8 Å². The summed E-state index contributed by atoms with van der Waals surface area (Å²) in [6.45, 7) is 2.81. The number of carbonyl (C=O) groups is 4. The number of amides is 3. The summed E-state index contributed by atoms with van der Waals surface area (Å²) in [5, 5.41) is 2.12. The first-order valence-electron chi connectivity index (χ1n) is 10.4. The number of thioether (sulfide) groups is 1. The number of anilines is 1. The van der Waals surface area contributed by atoms with E-state index < -0.39 is 23.0 Å². The lowest BCUT2D eigenvalue weighted by Crippen LogP contribution is -2.36. The van der Waals surface area contributed by atoms with Crippen LogP contribution < -0.4 is 14.8 Å². The predicted molar refractivity (Wildman–Crippen MR) is 127 cm³/mol. The molecule has 0 unspecified atom stereocenters. The van der Waals surface area contributed by atoms with Gasteiger partial charge in [0.1, 0.15) is 6.54 Å². The van der Waals surface area contributed by atoms with Crippen LogP contribution in [-0.2, 0) is 19.1 Å². The molecule has 9 nitrogen and oxygen atoms in total. The van der Waals surface area contributed by atoms with E-state index in [4.69, 9.17) is 14.2 Å². The van der Waals surface area contributed by atoms with Crippen LogP contribution in [-0.4, -0.2) is 54.3 Å². The van der Waals surface area contributed by atoms with Crippen molar-refractivity contribution in [1.29, 1.82) is 0 Å². The first-order chi connectivity index (χ1) is 16.3. The van der Waals surface area contributed by atoms with E-state index in [1.165, 1.54) is 13.2 Å². The average molecular weight is 485 g/mol. The Hall–Kier alpha value is -3.79. The number of carbonyl (C=O) groups excluding carboxylic acids is 4. The maximum atomic E-state index is 12.7. The number of benzene rings is 2. The number of hydrogen-bond acceptors (Lipinski definition) is 8. The Morgan fingerprint density at radius 1 is 1.09 bits per heavy atom. The molecule has 3 amide bonds. The van der Waals surface area contributed by atoms with Crippen LogP contribution in [0.3, 0.4) is 0 Å². The van der Waals surface area contributed by atoms with Gasteiger partial charge in [-0.2, -0.15) is 0 Å². The highest BCUT2D eigenvalue weighted by atomic mass is 32.2. The number of imide groups is 1. The van der Waals surface area contributed by atoms with E-state index in [9.17, 15) is 19.2 Å². The fourth-order valence-electron chi connectivity index (χ4n) is 2.98. The molecule has 34 heavy (non-hydrogen) atoms. The number of methoxy groups -OCH3 is 1. The van der Waals surface area contributed by atoms with Crippen molar-refractivity contribution < 1.29 is 33.4 Å². The molecule has 1 aliphatic heterocycles. The highest BCUT2D eigenvalue weighted by Crippen LogP contribution is 2.34. The van der Waals surface area contributed by atoms with Crippen molar-refractivity contribution in [1.82, 2.24) is 4.90 Å². The largest absolute Gasteiger partial charge is 0.493 e. The number of rotatable bonds is 9. The number of para-hydroxylation sites is 1. The zero-order valence-corrected chi connectivity index (χ0v) is 19.7. The lowest BCUT2D eigenvalue weighted by Gasteiger charge is -2.13. The fraction of sp³-hybridized carbons (Fsp3) is 0.250. The minimum Gasteiger partial charge on any atom is -0.493 e. The van der Waals surface area contributed by atoms with E-state index in [0.29, 0.717) is 22.7 Å². The Labute approximate surface area is 201 Å². The third-order valence-electron chi connectivity index (χ3n) is 4.43. The van der Waals surface area contributed by atoms with Crippen LogP contribution in [0, 0.1) is 0 Å². The van der Waals surface area contributed by atoms with Crippen LogP contribution in [0.4, 0.5) is 10.5 Å². The van der Waals surface area contributed by atoms with Crippen molar-refractivity contribution in [3.63, 3.8) is 0 Å². The van der Waals surface area contributed by atoms with Crippen LogP contribution in [0.15, 0.2) is 53.4 Å². The molecule has 3 rings (SSSR count). The van der Waals surface area contributed by atoms with E-state index in [1.807, 2.05) is 6.07 Å². The van der Waals surface area contributed by atoms with Gasteiger partial charge in [0, 0.05) is 5.69 Å². The van der Waals surface area contributed by atoms with Crippen molar-refractivity contribution in [3.8, 4) is 11.5 Å². The number of ether oxygens (including phenoxy) is 3. The first kappa shape index (κ1) is 24.8. The monoisotopic (exact) mass is 484 g/mol. The zero-order valence-electron chi connectivity index (χ0n) is 18.9. The van der Waals surface area contributed by atoms with E-state index in [1.54, 1.807) is 56.3 Å². The van der Waals surface area contributed by atoms with Crippen molar-refractivity contribution in [2.24, 2.45) is 0 Å². The van der Waals surface area contributed by atoms with E-state index in [-0.39, 0.29) is 24.2 Å². The summed E-state index contributed by atoms with van der Waals surface area (Å²) in [7, 11) is 1.44. The van der Waals surface area contributed by atoms with Gasteiger partial charge < -0.3 is 19.5 Å². The van der Waals surface area contributed by atoms with Crippen molar-refractivity contribution in [3.05, 3.63) is 59.0 Å². The lowest BCUT2D eigenvalue weighted by molar-refractivity contribution is -0.149. The van der Waals surface area contributed by atoms with Gasteiger partial charge in [-0.15, -0.1) is 0 Å². The second-order valence-electron chi connectivity index (χ2n) is 7.42. The van der Waals surface area contributed by atoms with E-state index >= 15 is 0 Å². The number of nitrogens with zero attached hydrogens (tertiary/aromatic N) is 1. The summed E-state index contributed by atoms with van der Waals surface area (Å²) >= 11 is 0.748. The maximum Gasteiger partial charge on any atom is 0.344 e. The van der Waals surface area contributed by atoms with Gasteiger partial charge in [-0.1, -0.05) is 24.3 Å². The van der Waals surface area contributed by atoms with Crippen molar-refractivity contribution in [2.45, 2.75) is 20.0 Å². The van der Waals surface area contributed by atoms with E-state index in [2.05, 4.69) is 5.32 Å². The van der Waals surface area contributed by atoms with Crippen LogP contribution in [0.1, 0.15) is 19.4 Å². The highest BCUT2D eigenvalue weighted by molar-refractivity contribution is 8.18. The molecule has 1 saturated heterocycles. The summed E-state index contributed by atoms with van der Waals surface area (Å²) in [6.07, 6.45) is 1.28. The molecule has 0 aliphatic carbocycles. The number of esters is 1. The highest BCUT2D eigenvalue weighted by Gasteiger charge is 2.36. The summed E-state index contributed by atoms with van der Waals surface area (Å²) in [6, 6.07) is 13.6. The van der Waals surface area contributed by atoms with Crippen molar-refractivity contribution in [2.75, 3.05) is 25.6 Å². The van der Waals surface area contributed by atoms with Crippen LogP contribution in [0.25, 0.3) is 6.08 Å². The summed E-state index contributed by atoms with van der Waals surface area (Å²) in [5.41, 5.74) is 1.15. The first-order valence-corrected chi connectivity index (χ1v) is 11.2. The molecular weight excluding hydrogens is 460 g/mol. The lowest BCUT2D eigenvalue weighted by atomic mass is 10.2. The molecule has 1 N–H and O–H groups in total. The molecule has 0 radical (unpaired) electrons. The third kappa shape index (κ3) is 6.61. The standard InChI is InChI=1S/C24H24N2O7S/c1-15(2)33-22(28)14-32-18-10-9-16(11-19(18)31-3)12-20-23(29)26(24(30)34-20)13-21(27)25-17-7-5-4-6-8-17/h4-12,15H,13-14H2,1-3H3,(H,25,27)/b20-12-. The summed E-state index contributed by atoms with van der Waals surface area (Å²) < 4.78 is 15.8. The Balaban J connectivity index is 1.66. The van der Waals surface area contributed by atoms with E-state index in [0.717, 1.165) is 16.7 Å². The van der Waals surface area contributed by atoms with Gasteiger partial charge in [-0.25, -0.2) is 4.79 Å². The minimum absolute atomic E-state index is 0.175. The zero-order chi connectivity index (χ0) is 24.7. The summed E-state index contributed by atoms with van der Waals surface area (Å²) in [5.74, 6) is -0.882. The Morgan fingerprint density at radius 2 is 1.82 bits per heavy atom. The molecule has 0 aromatic heterocycles. The molecule has 1 aliphatic rings. The quantitative estimate of drug-likeness (QED) is 0.424. The summed E-state index contributed by atoms with van der Waals surface area (Å²) in [4.78, 5) is 50.1. The maximum absolute atomic E-state index is 12.7. The molecule has 1 heterocycles. The van der Waals surface area contributed by atoms with Gasteiger partial charge in [0.25, 0.3) is 11.1 Å². The average Bonchev–Trinajstić information content (AvgIpc) is 3.05. The van der Waals surface area contributed by atoms with Gasteiger partial charge >= 0.3 is 5.97 Å². The SMILES string of the molecule is COc1cc(/C=C2\SC(=O)N(CC(=O)Nc3ccccc3)C2=O)ccc1OCC(=O)OC(C)C. The third-order valence-corrected chi connectivity index (χ3v) is 5.34. The molecule has 0 saturated carbocycles. The van der Waals surface area contributed by atoms with Gasteiger partial charge in [0.05, 0.1) is 18.1 Å². The molecule has 0 bridgehead atoms. The van der Waals surface area contributed by atoms with Crippen LogP contribution in [0.2, 0.25) is 0 Å². The fourth-order valence-corrected chi connectivity index (χ4v) is 3.82. The molecule has 10 heteroatoms. The molecule has 178 valence electrons. The van der Waals surface area contributed by atoms with Crippen molar-refractivity contribution >= 4 is 46.5 Å². The Kier molecular flexibility index (Phi) is 8.31. The molecule has 1 fully saturated rings. The van der Waals surface area contributed by atoms with Gasteiger partial charge in [0.2, 0.25) is 5.91 Å². The Bertz CT molecular complexity index is 1120. The molecule has 2 aromatic rings. The predicted octanol–water partition coefficient (Wildman–Crippen LogP) is 3.70. The number of nitrogens with one attached hydrogen (secondary N) is 1. The molecule has 2 aromatic carbocycles. The van der Waals surface area contributed by atoms with Crippen LogP contribution in [0.5, 0.6) is 11.5 Å². The number of hydrogen-bond donors (Lipinski definition) is 1. The second kappa shape index (κ2) is 11.4. The molecule has 0 spiro atoms. The van der Waals surface area contributed by atoms with Gasteiger partial charge in [0.15, 0.2) is 18.1 Å². The topological polar surface area (TPSA) is 111 Å². The second-order valence-corrected chi connectivity index (χ2v) is 8.41.